The Kier molecular flexibility index (Phi) is 6.63. The molecule has 8 heteroatoms. The molecule has 4 rings (SSSR count). The van der Waals surface area contributed by atoms with Crippen LogP contribution in [-0.4, -0.2) is 24.3 Å². The second-order valence-electron chi connectivity index (χ2n) is 9.24. The highest BCUT2D eigenvalue weighted by Crippen LogP contribution is 2.33. The maximum absolute atomic E-state index is 13.2. The number of amides is 1. The molecule has 186 valence electrons. The minimum Gasteiger partial charge on any atom is -0.497 e. The Morgan fingerprint density at radius 1 is 1.00 bits per heavy atom. The molecule has 0 saturated carbocycles. The topological polar surface area (TPSA) is 67.4 Å². The van der Waals surface area contributed by atoms with Gasteiger partial charge in [-0.15, -0.1) is 0 Å². The smallest absolute Gasteiger partial charge is 0.416 e. The summed E-state index contributed by atoms with van der Waals surface area (Å²) in [7, 11) is 1.58. The third kappa shape index (κ3) is 5.59. The Bertz CT molecular complexity index is 1360. The van der Waals surface area contributed by atoms with Crippen LogP contribution in [0.1, 0.15) is 51.3 Å². The fourth-order valence-corrected chi connectivity index (χ4v) is 4.16. The minimum atomic E-state index is -4.56. The van der Waals surface area contributed by atoms with E-state index in [1.54, 1.807) is 25.3 Å². The van der Waals surface area contributed by atoms with Gasteiger partial charge in [-0.05, 0) is 68.3 Å². The number of benzene rings is 3. The molecule has 1 aliphatic rings. The Balaban J connectivity index is 1.59. The van der Waals surface area contributed by atoms with E-state index in [-0.39, 0.29) is 16.9 Å². The summed E-state index contributed by atoms with van der Waals surface area (Å²) in [6.07, 6.45) is -2.28. The van der Waals surface area contributed by atoms with Crippen LogP contribution in [0, 0.1) is 0 Å². The molecule has 0 aliphatic carbocycles. The second kappa shape index (κ2) is 9.53. The summed E-state index contributed by atoms with van der Waals surface area (Å²) in [6, 6.07) is 16.2. The molecular formula is C28H25F3N2O3. The predicted molar refractivity (Wildman–Crippen MR) is 132 cm³/mol. The molecule has 0 unspecified atom stereocenters. The van der Waals surface area contributed by atoms with Crippen molar-refractivity contribution in [2.24, 2.45) is 0 Å². The van der Waals surface area contributed by atoms with Crippen molar-refractivity contribution in [2.45, 2.75) is 32.0 Å². The lowest BCUT2D eigenvalue weighted by Crippen LogP contribution is -2.43. The Hall–Kier alpha value is -4.07. The van der Waals surface area contributed by atoms with Gasteiger partial charge in [0.2, 0.25) is 0 Å². The van der Waals surface area contributed by atoms with Crippen LogP contribution in [0.3, 0.4) is 0 Å². The maximum Gasteiger partial charge on any atom is 0.416 e. The number of fused-ring (bicyclic) bond motifs is 1. The van der Waals surface area contributed by atoms with E-state index >= 15 is 0 Å². The largest absolute Gasteiger partial charge is 0.497 e. The number of hydrogen-bond donors (Lipinski definition) is 2. The third-order valence-electron chi connectivity index (χ3n) is 5.85. The summed E-state index contributed by atoms with van der Waals surface area (Å²) in [5.74, 6) is -0.326. The van der Waals surface area contributed by atoms with Crippen molar-refractivity contribution < 1.29 is 27.5 Å². The number of methoxy groups -OCH3 is 1. The molecule has 0 radical (unpaired) electrons. The molecule has 36 heavy (non-hydrogen) atoms. The molecule has 0 aromatic heterocycles. The predicted octanol–water partition coefficient (Wildman–Crippen LogP) is 6.11. The van der Waals surface area contributed by atoms with E-state index in [9.17, 15) is 22.8 Å². The first-order chi connectivity index (χ1) is 16.9. The van der Waals surface area contributed by atoms with Crippen molar-refractivity contribution in [3.63, 3.8) is 0 Å². The van der Waals surface area contributed by atoms with Gasteiger partial charge in [-0.1, -0.05) is 24.3 Å². The lowest BCUT2D eigenvalue weighted by Gasteiger charge is -2.35. The number of carbonyl (C=O) groups is 2. The van der Waals surface area contributed by atoms with Gasteiger partial charge < -0.3 is 15.4 Å². The van der Waals surface area contributed by atoms with E-state index in [1.807, 2.05) is 32.0 Å². The van der Waals surface area contributed by atoms with Crippen LogP contribution in [0.25, 0.3) is 5.70 Å². The summed E-state index contributed by atoms with van der Waals surface area (Å²) in [5.41, 5.74) is 1.90. The number of ketones is 1. The van der Waals surface area contributed by atoms with Crippen LogP contribution in [0.4, 0.5) is 18.9 Å². The zero-order valence-corrected chi connectivity index (χ0v) is 20.0. The molecule has 0 fully saturated rings. The molecule has 0 saturated heterocycles. The molecule has 1 heterocycles. The van der Waals surface area contributed by atoms with Gasteiger partial charge in [0, 0.05) is 39.7 Å². The average molecular weight is 495 g/mol. The van der Waals surface area contributed by atoms with Crippen molar-refractivity contribution in [1.82, 2.24) is 5.32 Å². The van der Waals surface area contributed by atoms with E-state index in [0.717, 1.165) is 29.7 Å². The van der Waals surface area contributed by atoms with Gasteiger partial charge in [0.15, 0.2) is 5.78 Å². The number of rotatable bonds is 5. The van der Waals surface area contributed by atoms with E-state index in [1.165, 1.54) is 24.3 Å². The zero-order chi connectivity index (χ0) is 26.1. The Morgan fingerprint density at radius 3 is 2.44 bits per heavy atom. The highest BCUT2D eigenvalue weighted by atomic mass is 19.4. The van der Waals surface area contributed by atoms with Crippen molar-refractivity contribution in [3.05, 3.63) is 101 Å². The molecule has 5 nitrogen and oxygen atoms in total. The van der Waals surface area contributed by atoms with Gasteiger partial charge in [-0.3, -0.25) is 9.59 Å². The maximum atomic E-state index is 13.2. The minimum absolute atomic E-state index is 0.136. The lowest BCUT2D eigenvalue weighted by atomic mass is 9.85. The third-order valence-corrected chi connectivity index (χ3v) is 5.85. The molecule has 1 aliphatic heterocycles. The van der Waals surface area contributed by atoms with Crippen LogP contribution < -0.4 is 15.4 Å². The quantitative estimate of drug-likeness (QED) is 0.332. The number of alkyl halides is 3. The molecule has 3 aromatic rings. The first-order valence-electron chi connectivity index (χ1n) is 11.3. The van der Waals surface area contributed by atoms with Crippen LogP contribution in [0.5, 0.6) is 5.75 Å². The first-order valence-corrected chi connectivity index (χ1v) is 11.3. The molecule has 3 aromatic carbocycles. The van der Waals surface area contributed by atoms with E-state index in [4.69, 9.17) is 4.74 Å². The fourth-order valence-electron chi connectivity index (χ4n) is 4.16. The Morgan fingerprint density at radius 2 is 1.72 bits per heavy atom. The van der Waals surface area contributed by atoms with E-state index < -0.39 is 17.6 Å². The molecule has 0 spiro atoms. The monoisotopic (exact) mass is 494 g/mol. The summed E-state index contributed by atoms with van der Waals surface area (Å²) in [4.78, 5) is 25.7. The highest BCUT2D eigenvalue weighted by molar-refractivity contribution is 6.10. The van der Waals surface area contributed by atoms with Gasteiger partial charge in [-0.2, -0.15) is 13.2 Å². The molecule has 0 atom stereocenters. The van der Waals surface area contributed by atoms with E-state index in [0.29, 0.717) is 22.7 Å². The number of hydrogen-bond acceptors (Lipinski definition) is 4. The molecule has 0 bridgehead atoms. The van der Waals surface area contributed by atoms with Crippen LogP contribution in [0.2, 0.25) is 0 Å². The zero-order valence-electron chi connectivity index (χ0n) is 20.0. The van der Waals surface area contributed by atoms with Crippen molar-refractivity contribution in [3.8, 4) is 5.75 Å². The van der Waals surface area contributed by atoms with Crippen LogP contribution in [-0.2, 0) is 12.6 Å². The van der Waals surface area contributed by atoms with Crippen molar-refractivity contribution >= 4 is 23.1 Å². The summed E-state index contributed by atoms with van der Waals surface area (Å²) in [6.45, 7) is 4.09. The number of halogens is 3. The van der Waals surface area contributed by atoms with Crippen LogP contribution in [0.15, 0.2) is 72.8 Å². The highest BCUT2D eigenvalue weighted by Gasteiger charge is 2.31. The molecule has 1 amide bonds. The first kappa shape index (κ1) is 25.0. The number of anilines is 1. The molecule has 2 N–H and O–H groups in total. The van der Waals surface area contributed by atoms with Crippen molar-refractivity contribution in [2.75, 3.05) is 12.4 Å². The van der Waals surface area contributed by atoms with Gasteiger partial charge in [0.1, 0.15) is 5.75 Å². The molecular weight excluding hydrogens is 469 g/mol. The van der Waals surface area contributed by atoms with Gasteiger partial charge in [-0.25, -0.2) is 0 Å². The van der Waals surface area contributed by atoms with Crippen LogP contribution >= 0.6 is 0 Å². The summed E-state index contributed by atoms with van der Waals surface area (Å²) >= 11 is 0. The normalized spacial score (nSPS) is 15.6. The number of nitrogens with one attached hydrogen (secondary N) is 2. The summed E-state index contributed by atoms with van der Waals surface area (Å²) in [5, 5.41) is 5.98. The average Bonchev–Trinajstić information content (AvgIpc) is 2.83. The number of carbonyl (C=O) groups excluding carboxylic acids is 2. The Labute approximate surface area is 207 Å². The fraction of sp³-hybridized carbons (Fsp3) is 0.214. The number of allylic oxidation sites excluding steroid dienone is 1. The summed E-state index contributed by atoms with van der Waals surface area (Å²) < 4.78 is 44.3. The number of ether oxygens (including phenoxy) is 1. The van der Waals surface area contributed by atoms with Crippen molar-refractivity contribution in [1.29, 1.82) is 0 Å². The van der Waals surface area contributed by atoms with Gasteiger partial charge in [0.25, 0.3) is 5.91 Å². The lowest BCUT2D eigenvalue weighted by molar-refractivity contribution is -0.137. The standard InChI is InChI=1S/C28H25F3N2O3/c1-27(2)16-19-10-11-22(36-3)14-23(19)24(33-27)15-25(34)17-6-5-9-21(13-17)32-26(35)18-7-4-8-20(12-18)28(29,30)31/h4-15,33H,16H2,1-3H3,(H,32,35). The van der Waals surface area contributed by atoms with Gasteiger partial charge >= 0.3 is 6.18 Å². The van der Waals surface area contributed by atoms with Gasteiger partial charge in [0.05, 0.1) is 12.7 Å². The van der Waals surface area contributed by atoms with E-state index in [2.05, 4.69) is 10.6 Å². The SMILES string of the molecule is COc1ccc2c(c1)C(=CC(=O)c1cccc(NC(=O)c3cccc(C(F)(F)F)c3)c1)NC(C)(C)C2. The second-order valence-corrected chi connectivity index (χ2v) is 9.24.